The summed E-state index contributed by atoms with van der Waals surface area (Å²) < 4.78 is 51.4. The second-order valence-corrected chi connectivity index (χ2v) is 10.1. The quantitative estimate of drug-likeness (QED) is 0.237. The monoisotopic (exact) mass is 530 g/mol. The van der Waals surface area contributed by atoms with Crippen LogP contribution in [0.15, 0.2) is 42.6 Å². The summed E-state index contributed by atoms with van der Waals surface area (Å²) in [7, 11) is -4.24. The summed E-state index contributed by atoms with van der Waals surface area (Å²) in [6, 6.07) is 8.45. The molecule has 1 aromatic heterocycles. The molecule has 0 bridgehead atoms. The number of para-hydroxylation sites is 1. The molecule has 6 atom stereocenters. The molecule has 1 fully saturated rings. The highest BCUT2D eigenvalue weighted by Gasteiger charge is 2.46. The Balaban J connectivity index is 1.75. The molecular formula is C21H28FN4O7PS. The zero-order valence-corrected chi connectivity index (χ0v) is 21.0. The van der Waals surface area contributed by atoms with E-state index in [1.807, 2.05) is 0 Å². The van der Waals surface area contributed by atoms with Gasteiger partial charge in [-0.05, 0) is 51.2 Å². The number of aromatic nitrogens is 2. The van der Waals surface area contributed by atoms with Crippen LogP contribution < -0.4 is 15.3 Å². The molecule has 192 valence electrons. The lowest BCUT2D eigenvalue weighted by Gasteiger charge is -2.24. The Morgan fingerprint density at radius 3 is 2.66 bits per heavy atom. The van der Waals surface area contributed by atoms with Gasteiger partial charge in [0.15, 0.2) is 12.4 Å². The molecule has 35 heavy (non-hydrogen) atoms. The summed E-state index contributed by atoms with van der Waals surface area (Å²) in [5.74, 6) is -0.332. The van der Waals surface area contributed by atoms with E-state index in [2.05, 4.69) is 10.1 Å². The van der Waals surface area contributed by atoms with Crippen LogP contribution in [-0.2, 0) is 23.4 Å². The van der Waals surface area contributed by atoms with Crippen LogP contribution in [0.3, 0.4) is 0 Å². The van der Waals surface area contributed by atoms with Crippen molar-refractivity contribution >= 4 is 31.8 Å². The summed E-state index contributed by atoms with van der Waals surface area (Å²) in [6.07, 6.45) is -5.03. The number of esters is 1. The van der Waals surface area contributed by atoms with Gasteiger partial charge >= 0.3 is 13.7 Å². The Morgan fingerprint density at radius 2 is 2.03 bits per heavy atom. The van der Waals surface area contributed by atoms with Crippen molar-refractivity contribution in [2.75, 3.05) is 12.3 Å². The van der Waals surface area contributed by atoms with Crippen LogP contribution in [0, 0.1) is 4.77 Å². The molecular weight excluding hydrogens is 502 g/mol. The Kier molecular flexibility index (Phi) is 8.97. The fraction of sp³-hybridized carbons (Fsp3) is 0.476. The number of hydrogen-bond donors (Lipinski definition) is 3. The molecule has 1 aliphatic heterocycles. The van der Waals surface area contributed by atoms with E-state index in [0.717, 1.165) is 0 Å². The number of nitrogens with two attached hydrogens (primary N) is 1. The molecule has 14 heteroatoms. The number of carbonyl (C=O) groups is 1. The van der Waals surface area contributed by atoms with Gasteiger partial charge in [-0.3, -0.25) is 13.9 Å². The van der Waals surface area contributed by atoms with E-state index >= 15 is 0 Å². The summed E-state index contributed by atoms with van der Waals surface area (Å²) >= 11 is 5.11. The van der Waals surface area contributed by atoms with Gasteiger partial charge in [0.05, 0.1) is 12.7 Å². The normalized spacial score (nSPS) is 24.6. The zero-order valence-electron chi connectivity index (χ0n) is 19.3. The van der Waals surface area contributed by atoms with Crippen LogP contribution in [0.2, 0.25) is 0 Å². The highest BCUT2D eigenvalue weighted by atomic mass is 32.1. The molecule has 0 amide bonds. The largest absolute Gasteiger partial charge is 0.462 e. The maximum Gasteiger partial charge on any atom is 0.459 e. The fourth-order valence-corrected chi connectivity index (χ4v) is 4.97. The summed E-state index contributed by atoms with van der Waals surface area (Å²) in [5, 5.41) is 12.9. The standard InChI is InChI=1S/C21H28FN4O7PS/c1-12(2)31-20(28)13(3)25-34(29,33-14-7-5-4-6-8-14)30-11-15-17(22)18(27)19(32-15)26-10-9-16(23)24-21(26)35/h4-10,12-13,15,17-19,27H,11H2,1-3H3,(H,25,29)(H2,23,24,35)/t13-,15+,17-,18-,19+,34?/m0/s1. The molecule has 0 aliphatic carbocycles. The van der Waals surface area contributed by atoms with E-state index in [-0.39, 0.29) is 16.3 Å². The number of alkyl halides is 1. The molecule has 2 heterocycles. The number of rotatable bonds is 10. The van der Waals surface area contributed by atoms with Crippen molar-refractivity contribution in [2.45, 2.75) is 57.5 Å². The molecule has 11 nitrogen and oxygen atoms in total. The first-order valence-corrected chi connectivity index (χ1v) is 12.7. The first kappa shape index (κ1) is 27.2. The Morgan fingerprint density at radius 1 is 1.34 bits per heavy atom. The SMILES string of the molecule is CC(C)OC(=O)[C@H](C)NP(=O)(OC[C@H]1O[C@@H](n2ccc(N)nc2=S)[C@@H](O)[C@H]1F)Oc1ccccc1. The number of hydrogen-bond acceptors (Lipinski definition) is 10. The topological polar surface area (TPSA) is 147 Å². The lowest BCUT2D eigenvalue weighted by atomic mass is 10.1. The van der Waals surface area contributed by atoms with Crippen LogP contribution in [0.1, 0.15) is 27.0 Å². The minimum Gasteiger partial charge on any atom is -0.462 e. The van der Waals surface area contributed by atoms with E-state index in [9.17, 15) is 18.9 Å². The first-order chi connectivity index (χ1) is 16.5. The van der Waals surface area contributed by atoms with Crippen molar-refractivity contribution in [3.63, 3.8) is 0 Å². The highest BCUT2D eigenvalue weighted by molar-refractivity contribution is 7.71. The number of nitrogens with zero attached hydrogens (tertiary/aromatic N) is 2. The maximum atomic E-state index is 14.9. The fourth-order valence-electron chi connectivity index (χ4n) is 3.20. The average Bonchev–Trinajstić information content (AvgIpc) is 3.06. The van der Waals surface area contributed by atoms with Crippen molar-refractivity contribution < 1.29 is 37.4 Å². The molecule has 3 rings (SSSR count). The molecule has 0 radical (unpaired) electrons. The molecule has 1 aromatic carbocycles. The van der Waals surface area contributed by atoms with Crippen LogP contribution in [0.25, 0.3) is 0 Å². The molecule has 1 saturated heterocycles. The van der Waals surface area contributed by atoms with Gasteiger partial charge in [0.2, 0.25) is 4.77 Å². The lowest BCUT2D eigenvalue weighted by Crippen LogP contribution is -2.37. The van der Waals surface area contributed by atoms with Gasteiger partial charge < -0.3 is 24.8 Å². The number of aliphatic hydroxyl groups excluding tert-OH is 1. The minimum absolute atomic E-state index is 0.0138. The molecule has 2 aromatic rings. The Hall–Kier alpha value is -2.41. The number of anilines is 1. The van der Waals surface area contributed by atoms with Crippen LogP contribution in [0.5, 0.6) is 5.75 Å². The zero-order chi connectivity index (χ0) is 25.8. The third kappa shape index (κ3) is 7.06. The van der Waals surface area contributed by atoms with Gasteiger partial charge in [-0.25, -0.2) is 13.9 Å². The average molecular weight is 531 g/mol. The summed E-state index contributed by atoms with van der Waals surface area (Å²) in [4.78, 5) is 16.1. The van der Waals surface area contributed by atoms with Crippen LogP contribution in [0.4, 0.5) is 10.2 Å². The predicted octanol–water partition coefficient (Wildman–Crippen LogP) is 2.92. The van der Waals surface area contributed by atoms with Crippen LogP contribution >= 0.6 is 20.0 Å². The number of benzene rings is 1. The van der Waals surface area contributed by atoms with Crippen molar-refractivity contribution in [2.24, 2.45) is 0 Å². The first-order valence-electron chi connectivity index (χ1n) is 10.8. The maximum absolute atomic E-state index is 14.9. The van der Waals surface area contributed by atoms with E-state index in [0.29, 0.717) is 0 Å². The second-order valence-electron chi connectivity index (χ2n) is 8.08. The number of ether oxygens (including phenoxy) is 2. The predicted molar refractivity (Wildman–Crippen MR) is 127 cm³/mol. The number of carbonyl (C=O) groups excluding carboxylic acids is 1. The van der Waals surface area contributed by atoms with E-state index in [1.54, 1.807) is 32.0 Å². The number of nitrogen functional groups attached to an aromatic ring is 1. The Bertz CT molecular complexity index is 1120. The van der Waals surface area contributed by atoms with E-state index in [1.165, 1.54) is 35.9 Å². The van der Waals surface area contributed by atoms with Gasteiger partial charge in [-0.15, -0.1) is 0 Å². The summed E-state index contributed by atoms with van der Waals surface area (Å²) in [5.41, 5.74) is 5.59. The molecule has 0 spiro atoms. The van der Waals surface area contributed by atoms with Gasteiger partial charge in [0, 0.05) is 6.20 Å². The van der Waals surface area contributed by atoms with Crippen molar-refractivity contribution in [3.8, 4) is 5.75 Å². The molecule has 4 N–H and O–H groups in total. The molecule has 0 saturated carbocycles. The second kappa shape index (κ2) is 11.5. The van der Waals surface area contributed by atoms with Gasteiger partial charge in [-0.2, -0.15) is 5.09 Å². The van der Waals surface area contributed by atoms with E-state index < -0.39 is 57.1 Å². The molecule has 1 aliphatic rings. The van der Waals surface area contributed by atoms with Crippen LogP contribution in [-0.4, -0.2) is 57.8 Å². The smallest absolute Gasteiger partial charge is 0.459 e. The number of aliphatic hydroxyl groups is 1. The van der Waals surface area contributed by atoms with Crippen molar-refractivity contribution in [3.05, 3.63) is 47.4 Å². The third-order valence-corrected chi connectivity index (χ3v) is 6.79. The van der Waals surface area contributed by atoms with Crippen molar-refractivity contribution in [1.29, 1.82) is 0 Å². The van der Waals surface area contributed by atoms with Gasteiger partial charge in [0.1, 0.15) is 29.8 Å². The van der Waals surface area contributed by atoms with E-state index in [4.69, 9.17) is 36.5 Å². The van der Waals surface area contributed by atoms with Gasteiger partial charge in [0.25, 0.3) is 0 Å². The highest BCUT2D eigenvalue weighted by Crippen LogP contribution is 2.46. The number of nitrogens with one attached hydrogen (secondary N) is 1. The third-order valence-electron chi connectivity index (χ3n) is 4.85. The van der Waals surface area contributed by atoms with Gasteiger partial charge in [-0.1, -0.05) is 18.2 Å². The minimum atomic E-state index is -4.24. The number of halogens is 1. The summed E-state index contributed by atoms with van der Waals surface area (Å²) in [6.45, 7) is 4.19. The molecule has 1 unspecified atom stereocenters. The van der Waals surface area contributed by atoms with Crippen molar-refractivity contribution in [1.82, 2.24) is 14.6 Å². The Labute approximate surface area is 206 Å². The lowest BCUT2D eigenvalue weighted by molar-refractivity contribution is -0.149.